The van der Waals surface area contributed by atoms with Gasteiger partial charge in [-0.3, -0.25) is 9.13 Å². The molecule has 0 saturated heterocycles. The van der Waals surface area contributed by atoms with Gasteiger partial charge in [-0.05, 0) is 0 Å². The Hall–Kier alpha value is 3.00. The van der Waals surface area contributed by atoms with Crippen molar-refractivity contribution in [3.63, 3.8) is 0 Å². The SMILES string of the molecule is CP(=O)(O)OP(=O)(O)O.O.O.O=P([O-])(O)OP(=O)(O)O.[Fe+3].[Na+].[Na+]. The zero-order valence-corrected chi connectivity index (χ0v) is 20.4. The summed E-state index contributed by atoms with van der Waals surface area (Å²) >= 11 is 0. The molecule has 10 N–H and O–H groups in total. The standard InChI is InChI=1S/CH6O6P2.Fe.2Na.H4O7P2.2H2O/c1-8(2,3)7-9(4,5)6;;;;1-8(2,3)7-9(4,5)6;;/h1H3,(H,2,3)(H2,4,5,6);;;;(H2,1,2,3)(H2,4,5,6);2*1H2/q;+3;2*+1;;;/p-1. The van der Waals surface area contributed by atoms with E-state index in [1.165, 1.54) is 0 Å². The topological polar surface area (TPSA) is 294 Å². The summed E-state index contributed by atoms with van der Waals surface area (Å²) in [6.45, 7) is 0.687. The van der Waals surface area contributed by atoms with E-state index in [2.05, 4.69) is 8.62 Å². The summed E-state index contributed by atoms with van der Waals surface area (Å²) < 4.78 is 45.2. The Bertz CT molecular complexity index is 358. The van der Waals surface area contributed by atoms with Gasteiger partial charge >= 0.3 is 99.4 Å². The van der Waals surface area contributed by atoms with Gasteiger partial charge in [0, 0.05) is 6.66 Å². The molecule has 0 rings (SSSR count). The second-order valence-corrected chi connectivity index (χ2v) is 8.23. The Kier molecular flexibility index (Phi) is 33.5. The largest absolute Gasteiger partial charge is 3.00 e. The van der Waals surface area contributed by atoms with Crippen molar-refractivity contribution in [1.82, 2.24) is 0 Å². The molecule has 23 heavy (non-hydrogen) atoms. The van der Waals surface area contributed by atoms with Gasteiger partial charge in [0.05, 0.1) is 0 Å². The summed E-state index contributed by atoms with van der Waals surface area (Å²) in [5.41, 5.74) is 0. The van der Waals surface area contributed by atoms with Gasteiger partial charge in [0.1, 0.15) is 0 Å². The molecule has 0 bridgehead atoms. The molecule has 0 aromatic rings. The second kappa shape index (κ2) is 17.1. The number of rotatable bonds is 4. The molecular formula is CH13FeNa2O15P4+4. The minimum atomic E-state index is -5.30. The quantitative estimate of drug-likeness (QED) is 0.158. The third-order valence-corrected chi connectivity index (χ3v) is 4.21. The fraction of sp³-hybridized carbons (Fsp3) is 1.00. The predicted octanol–water partition coefficient (Wildman–Crippen LogP) is -9.18. The van der Waals surface area contributed by atoms with E-state index in [0.29, 0.717) is 6.66 Å². The van der Waals surface area contributed by atoms with E-state index in [9.17, 15) is 23.2 Å². The number of hydrogen-bond acceptors (Lipinski definition) is 7. The average molecular weight is 491 g/mol. The minimum Gasteiger partial charge on any atom is -0.756 e. The second-order valence-electron chi connectivity index (χ2n) is 2.42. The van der Waals surface area contributed by atoms with Crippen LogP contribution in [0, 0.1) is 0 Å². The molecule has 0 saturated carbocycles. The van der Waals surface area contributed by atoms with E-state index in [1.54, 1.807) is 0 Å². The first-order valence-electron chi connectivity index (χ1n) is 3.29. The maximum atomic E-state index is 10.1. The van der Waals surface area contributed by atoms with Crippen molar-refractivity contribution >= 4 is 31.1 Å². The van der Waals surface area contributed by atoms with Gasteiger partial charge in [-0.1, -0.05) is 0 Å². The fourth-order valence-corrected chi connectivity index (χ4v) is 2.99. The Morgan fingerprint density at radius 3 is 0.957 bits per heavy atom. The fourth-order valence-electron chi connectivity index (χ4n) is 0.332. The molecule has 0 aromatic carbocycles. The van der Waals surface area contributed by atoms with Crippen LogP contribution < -0.4 is 64.0 Å². The van der Waals surface area contributed by atoms with Crippen LogP contribution in [-0.2, 0) is 44.0 Å². The van der Waals surface area contributed by atoms with E-state index >= 15 is 0 Å². The molecule has 0 fully saturated rings. The molecule has 0 aliphatic heterocycles. The molecule has 0 amide bonds. The number of hydrogen-bond donors (Lipinski definition) is 6. The maximum absolute atomic E-state index is 10.1. The van der Waals surface area contributed by atoms with Crippen LogP contribution in [0.5, 0.6) is 0 Å². The van der Waals surface area contributed by atoms with Crippen molar-refractivity contribution in [2.24, 2.45) is 0 Å². The summed E-state index contributed by atoms with van der Waals surface area (Å²) in [6, 6.07) is 0. The molecule has 2 atom stereocenters. The molecule has 1 radical (unpaired) electrons. The first-order chi connectivity index (χ1) is 7.41. The summed E-state index contributed by atoms with van der Waals surface area (Å²) in [7, 11) is -19.3. The van der Waals surface area contributed by atoms with Crippen molar-refractivity contribution in [2.45, 2.75) is 0 Å². The van der Waals surface area contributed by atoms with Crippen molar-refractivity contribution < 1.29 is 148 Å². The summed E-state index contributed by atoms with van der Waals surface area (Å²) in [5, 5.41) is 0. The van der Waals surface area contributed by atoms with Crippen LogP contribution >= 0.6 is 31.1 Å². The smallest absolute Gasteiger partial charge is 0.756 e. The molecule has 0 aliphatic rings. The van der Waals surface area contributed by atoms with Crippen LogP contribution in [0.15, 0.2) is 0 Å². The van der Waals surface area contributed by atoms with E-state index in [0.717, 1.165) is 0 Å². The van der Waals surface area contributed by atoms with Crippen molar-refractivity contribution in [2.75, 3.05) is 6.66 Å². The first kappa shape index (κ1) is 45.0. The Morgan fingerprint density at radius 1 is 0.739 bits per heavy atom. The molecule has 133 valence electrons. The monoisotopic (exact) mass is 491 g/mol. The van der Waals surface area contributed by atoms with Gasteiger partial charge < -0.3 is 45.2 Å². The summed E-state index contributed by atoms with van der Waals surface area (Å²) in [4.78, 5) is 56.6. The van der Waals surface area contributed by atoms with Crippen molar-refractivity contribution in [3.8, 4) is 0 Å². The van der Waals surface area contributed by atoms with Crippen LogP contribution in [0.4, 0.5) is 0 Å². The normalized spacial score (nSPS) is 15.0. The van der Waals surface area contributed by atoms with Gasteiger partial charge in [-0.25, -0.2) is 17.8 Å². The molecule has 0 heterocycles. The van der Waals surface area contributed by atoms with Crippen LogP contribution in [-0.4, -0.2) is 47.0 Å². The zero-order chi connectivity index (χ0) is 15.4. The van der Waals surface area contributed by atoms with Crippen LogP contribution in [0.2, 0.25) is 0 Å². The molecule has 22 heteroatoms. The van der Waals surface area contributed by atoms with Gasteiger partial charge in [0.15, 0.2) is 0 Å². The zero-order valence-electron chi connectivity index (χ0n) is 11.7. The molecule has 0 aliphatic carbocycles. The Labute approximate surface area is 184 Å². The summed E-state index contributed by atoms with van der Waals surface area (Å²) in [6.07, 6.45) is 0. The van der Waals surface area contributed by atoms with Crippen molar-refractivity contribution in [3.05, 3.63) is 0 Å². The third kappa shape index (κ3) is 58.8. The van der Waals surface area contributed by atoms with E-state index < -0.39 is 31.1 Å². The Morgan fingerprint density at radius 2 is 0.957 bits per heavy atom. The van der Waals surface area contributed by atoms with E-state index in [1.807, 2.05) is 0 Å². The molecule has 0 spiro atoms. The Balaban J connectivity index is -0.0000000366. The molecule has 2 unspecified atom stereocenters. The van der Waals surface area contributed by atoms with Gasteiger partial charge in [-0.2, -0.15) is 0 Å². The molecule has 0 aromatic heterocycles. The maximum Gasteiger partial charge on any atom is 3.00 e. The average Bonchev–Trinajstić information content (AvgIpc) is 1.64. The van der Waals surface area contributed by atoms with Crippen molar-refractivity contribution in [1.29, 1.82) is 0 Å². The first-order valence-corrected chi connectivity index (χ1v) is 9.87. The number of phosphoric acid groups is 3. The van der Waals surface area contributed by atoms with Crippen LogP contribution in [0.1, 0.15) is 0 Å². The van der Waals surface area contributed by atoms with Gasteiger partial charge in [0.2, 0.25) is 0 Å². The third-order valence-electron chi connectivity index (χ3n) is 0.467. The van der Waals surface area contributed by atoms with E-state index in [-0.39, 0.29) is 87.1 Å². The predicted molar refractivity (Wildman–Crippen MR) is 59.1 cm³/mol. The van der Waals surface area contributed by atoms with Gasteiger partial charge in [0.25, 0.3) is 7.82 Å². The van der Waals surface area contributed by atoms with Crippen LogP contribution in [0.3, 0.4) is 0 Å². The molecular weight excluding hydrogens is 478 g/mol. The molecule has 15 nitrogen and oxygen atoms in total. The minimum absolute atomic E-state index is 0. The van der Waals surface area contributed by atoms with Crippen LogP contribution in [0.25, 0.3) is 0 Å². The van der Waals surface area contributed by atoms with Gasteiger partial charge in [-0.15, -0.1) is 0 Å². The summed E-state index contributed by atoms with van der Waals surface area (Å²) in [5.74, 6) is 0. The van der Waals surface area contributed by atoms with E-state index in [4.69, 9.17) is 29.4 Å².